The molecular formula is C18H17NO. The first-order valence-corrected chi connectivity index (χ1v) is 6.84. The van der Waals surface area contributed by atoms with Gasteiger partial charge in [0.2, 0.25) is 0 Å². The van der Waals surface area contributed by atoms with E-state index in [-0.39, 0.29) is 17.9 Å². The maximum atomic E-state index is 12.3. The molecule has 2 heteroatoms. The number of Topliss-reactive ketones (excluding diaryl/α,β-unsaturated/α-hetero) is 1. The summed E-state index contributed by atoms with van der Waals surface area (Å²) in [5.74, 6) is 0.177. The van der Waals surface area contributed by atoms with Gasteiger partial charge in [-0.3, -0.25) is 10.1 Å². The average Bonchev–Trinajstić information content (AvgIpc) is 3.29. The van der Waals surface area contributed by atoms with Gasteiger partial charge in [0.1, 0.15) is 0 Å². The van der Waals surface area contributed by atoms with Crippen molar-refractivity contribution in [2.75, 3.05) is 0 Å². The Morgan fingerprint density at radius 2 is 1.55 bits per heavy atom. The Bertz CT molecular complexity index is 631. The zero-order chi connectivity index (χ0) is 13.9. The van der Waals surface area contributed by atoms with Gasteiger partial charge in [0, 0.05) is 5.56 Å². The molecule has 0 aromatic heterocycles. The van der Waals surface area contributed by atoms with Gasteiger partial charge in [0.15, 0.2) is 5.78 Å². The highest BCUT2D eigenvalue weighted by Crippen LogP contribution is 2.25. The monoisotopic (exact) mass is 263 g/mol. The topological polar surface area (TPSA) is 39.0 Å². The molecule has 0 bridgehead atoms. The molecule has 2 atom stereocenters. The van der Waals surface area contributed by atoms with Crippen LogP contribution in [0.5, 0.6) is 0 Å². The van der Waals surface area contributed by atoms with E-state index in [2.05, 4.69) is 30.4 Å². The molecule has 2 nitrogen and oxygen atoms in total. The minimum absolute atomic E-state index is 0.0719. The Morgan fingerprint density at radius 3 is 2.20 bits per heavy atom. The number of carbonyl (C=O) groups excluding carboxylic acids is 1. The van der Waals surface area contributed by atoms with Crippen molar-refractivity contribution in [3.63, 3.8) is 0 Å². The lowest BCUT2D eigenvalue weighted by molar-refractivity contribution is 0.0989. The average molecular weight is 263 g/mol. The predicted molar refractivity (Wildman–Crippen MR) is 81.6 cm³/mol. The van der Waals surface area contributed by atoms with Crippen molar-refractivity contribution in [1.29, 1.82) is 0 Å². The highest BCUT2D eigenvalue weighted by atomic mass is 16.1. The summed E-state index contributed by atoms with van der Waals surface area (Å²) < 4.78 is 0. The van der Waals surface area contributed by atoms with Crippen molar-refractivity contribution in [2.24, 2.45) is 0 Å². The van der Waals surface area contributed by atoms with E-state index < -0.39 is 0 Å². The quantitative estimate of drug-likeness (QED) is 0.679. The van der Waals surface area contributed by atoms with E-state index in [1.807, 2.05) is 48.5 Å². The molecule has 1 heterocycles. The molecule has 20 heavy (non-hydrogen) atoms. The van der Waals surface area contributed by atoms with E-state index >= 15 is 0 Å². The normalized spacial score (nSPS) is 21.6. The Hall–Kier alpha value is -2.19. The summed E-state index contributed by atoms with van der Waals surface area (Å²) in [4.78, 5) is 12.3. The van der Waals surface area contributed by atoms with Crippen LogP contribution in [-0.2, 0) is 0 Å². The van der Waals surface area contributed by atoms with Crippen LogP contribution in [0.2, 0.25) is 0 Å². The Labute approximate surface area is 119 Å². The van der Waals surface area contributed by atoms with Gasteiger partial charge in [-0.25, -0.2) is 0 Å². The van der Waals surface area contributed by atoms with Crippen LogP contribution in [0.25, 0.3) is 6.08 Å². The van der Waals surface area contributed by atoms with Gasteiger partial charge in [-0.1, -0.05) is 72.3 Å². The fraction of sp³-hybridized carbons (Fsp3) is 0.167. The number of hydrogen-bond donors (Lipinski definition) is 1. The fourth-order valence-electron chi connectivity index (χ4n) is 2.44. The number of carbonyl (C=O) groups is 1. The lowest BCUT2D eigenvalue weighted by Gasteiger charge is -2.00. The zero-order valence-corrected chi connectivity index (χ0v) is 11.4. The lowest BCUT2D eigenvalue weighted by Crippen LogP contribution is -2.11. The van der Waals surface area contributed by atoms with Crippen LogP contribution in [0.3, 0.4) is 0 Å². The molecule has 2 aromatic rings. The maximum absolute atomic E-state index is 12.3. The van der Waals surface area contributed by atoms with E-state index in [0.717, 1.165) is 5.56 Å². The number of hydrogen-bond acceptors (Lipinski definition) is 2. The van der Waals surface area contributed by atoms with E-state index in [1.54, 1.807) is 0 Å². The molecule has 1 N–H and O–H groups in total. The van der Waals surface area contributed by atoms with Crippen LogP contribution in [-0.4, -0.2) is 17.9 Å². The highest BCUT2D eigenvalue weighted by molar-refractivity contribution is 6.03. The second kappa shape index (κ2) is 5.43. The largest absolute Gasteiger partial charge is 0.297 e. The van der Waals surface area contributed by atoms with E-state index in [9.17, 15) is 4.79 Å². The van der Waals surface area contributed by atoms with Crippen LogP contribution >= 0.6 is 0 Å². The lowest BCUT2D eigenvalue weighted by atomic mass is 10.0. The molecule has 0 spiro atoms. The van der Waals surface area contributed by atoms with Crippen LogP contribution in [0, 0.1) is 0 Å². The van der Waals surface area contributed by atoms with E-state index in [4.69, 9.17) is 0 Å². The number of nitrogens with one attached hydrogen (secondary N) is 1. The first kappa shape index (κ1) is 12.8. The summed E-state index contributed by atoms with van der Waals surface area (Å²) in [6.07, 6.45) is 2.13. The SMILES string of the molecule is C/C(=C\c1ccccc1)[C@H]1N[C@@H]1C(=O)c1ccccc1. The third-order valence-electron chi connectivity index (χ3n) is 3.61. The van der Waals surface area contributed by atoms with Crippen molar-refractivity contribution in [2.45, 2.75) is 19.0 Å². The standard InChI is InChI=1S/C18H17NO/c1-13(12-14-8-4-2-5-9-14)16-17(19-16)18(20)15-10-6-3-7-11-15/h2-12,16-17,19H,1H3/b13-12+/t16-,17+/m1/s1. The van der Waals surface area contributed by atoms with Crippen molar-refractivity contribution >= 4 is 11.9 Å². The molecule has 0 amide bonds. The molecule has 100 valence electrons. The molecule has 0 radical (unpaired) electrons. The van der Waals surface area contributed by atoms with Crippen LogP contribution in [0.15, 0.2) is 66.2 Å². The summed E-state index contributed by atoms with van der Waals surface area (Å²) in [7, 11) is 0. The molecule has 0 unspecified atom stereocenters. The van der Waals surface area contributed by atoms with Gasteiger partial charge in [0.05, 0.1) is 12.1 Å². The molecule has 0 aliphatic carbocycles. The molecule has 1 fully saturated rings. The van der Waals surface area contributed by atoms with Crippen LogP contribution in [0.1, 0.15) is 22.8 Å². The molecule has 1 aliphatic heterocycles. The van der Waals surface area contributed by atoms with Gasteiger partial charge in [-0.05, 0) is 12.5 Å². The van der Waals surface area contributed by atoms with Gasteiger partial charge in [-0.15, -0.1) is 0 Å². The Kier molecular flexibility index (Phi) is 3.48. The first-order chi connectivity index (χ1) is 9.75. The third-order valence-corrected chi connectivity index (χ3v) is 3.61. The molecule has 1 aliphatic rings. The molecule has 3 rings (SSSR count). The van der Waals surface area contributed by atoms with Gasteiger partial charge in [0.25, 0.3) is 0 Å². The number of ketones is 1. The Morgan fingerprint density at radius 1 is 0.950 bits per heavy atom. The molecule has 0 saturated carbocycles. The minimum Gasteiger partial charge on any atom is -0.297 e. The second-order valence-corrected chi connectivity index (χ2v) is 5.15. The Balaban J connectivity index is 1.70. The zero-order valence-electron chi connectivity index (χ0n) is 11.4. The van der Waals surface area contributed by atoms with Crippen molar-refractivity contribution < 1.29 is 4.79 Å². The van der Waals surface area contributed by atoms with Gasteiger partial charge in [-0.2, -0.15) is 0 Å². The second-order valence-electron chi connectivity index (χ2n) is 5.15. The summed E-state index contributed by atoms with van der Waals surface area (Å²) >= 11 is 0. The van der Waals surface area contributed by atoms with E-state index in [0.29, 0.717) is 0 Å². The van der Waals surface area contributed by atoms with Gasteiger partial charge >= 0.3 is 0 Å². The van der Waals surface area contributed by atoms with Crippen LogP contribution in [0.4, 0.5) is 0 Å². The minimum atomic E-state index is -0.0719. The summed E-state index contributed by atoms with van der Waals surface area (Å²) in [5.41, 5.74) is 3.15. The predicted octanol–water partition coefficient (Wildman–Crippen LogP) is 3.31. The van der Waals surface area contributed by atoms with Crippen molar-refractivity contribution in [3.05, 3.63) is 77.4 Å². The smallest absolute Gasteiger partial charge is 0.181 e. The fourth-order valence-corrected chi connectivity index (χ4v) is 2.44. The molecule has 1 saturated heterocycles. The summed E-state index contributed by atoms with van der Waals surface area (Å²) in [6, 6.07) is 19.7. The number of rotatable bonds is 4. The number of benzene rings is 2. The van der Waals surface area contributed by atoms with E-state index in [1.165, 1.54) is 11.1 Å². The third kappa shape index (κ3) is 2.70. The van der Waals surface area contributed by atoms with Crippen molar-refractivity contribution in [1.82, 2.24) is 5.32 Å². The molecule has 2 aromatic carbocycles. The van der Waals surface area contributed by atoms with Crippen LogP contribution < -0.4 is 5.32 Å². The summed E-state index contributed by atoms with van der Waals surface area (Å²) in [6.45, 7) is 2.07. The first-order valence-electron chi connectivity index (χ1n) is 6.84. The van der Waals surface area contributed by atoms with Crippen molar-refractivity contribution in [3.8, 4) is 0 Å². The highest BCUT2D eigenvalue weighted by Gasteiger charge is 2.43. The molecular weight excluding hydrogens is 246 g/mol. The van der Waals surface area contributed by atoms with Gasteiger partial charge < -0.3 is 0 Å². The summed E-state index contributed by atoms with van der Waals surface area (Å²) in [5, 5.41) is 3.27. The maximum Gasteiger partial charge on any atom is 0.181 e.